The Morgan fingerprint density at radius 3 is 2.62 bits per heavy atom. The number of nitrogen functional groups attached to an aromatic ring is 1. The van der Waals surface area contributed by atoms with Crippen LogP contribution in [0.25, 0.3) is 0 Å². The van der Waals surface area contributed by atoms with Crippen molar-refractivity contribution in [3.63, 3.8) is 0 Å². The van der Waals surface area contributed by atoms with Crippen LogP contribution in [0.1, 0.15) is 5.69 Å². The highest BCUT2D eigenvalue weighted by atomic mass is 19.4. The number of hydrogen-bond donors (Lipinski definition) is 3. The van der Waals surface area contributed by atoms with Gasteiger partial charge in [-0.15, -0.1) is 0 Å². The molecular formula is C11H19F3N6O. The molecule has 0 fully saturated rings. The Kier molecular flexibility index (Phi) is 6.59. The average Bonchev–Trinajstić information content (AvgIpc) is 2.43. The van der Waals surface area contributed by atoms with Gasteiger partial charge in [-0.2, -0.15) is 18.2 Å². The summed E-state index contributed by atoms with van der Waals surface area (Å²) in [6.45, 7) is 2.37. The second-order valence-electron chi connectivity index (χ2n) is 4.33. The van der Waals surface area contributed by atoms with E-state index in [-0.39, 0.29) is 11.8 Å². The third kappa shape index (κ3) is 6.10. The van der Waals surface area contributed by atoms with Crippen molar-refractivity contribution in [3.8, 4) is 0 Å². The fourth-order valence-electron chi connectivity index (χ4n) is 1.48. The summed E-state index contributed by atoms with van der Waals surface area (Å²) in [6.07, 6.45) is -4.56. The van der Waals surface area contributed by atoms with Crippen LogP contribution in [0.3, 0.4) is 0 Å². The highest BCUT2D eigenvalue weighted by molar-refractivity contribution is 5.42. The zero-order valence-corrected chi connectivity index (χ0v) is 11.9. The number of rotatable bonds is 8. The smallest absolute Gasteiger partial charge is 0.383 e. The molecule has 1 rings (SSSR count). The molecule has 0 spiro atoms. The average molecular weight is 308 g/mol. The van der Waals surface area contributed by atoms with Crippen LogP contribution in [-0.4, -0.2) is 55.3 Å². The van der Waals surface area contributed by atoms with Gasteiger partial charge < -0.3 is 15.0 Å². The van der Waals surface area contributed by atoms with E-state index in [0.29, 0.717) is 19.7 Å². The number of hydrazine groups is 1. The topological polar surface area (TPSA) is 88.3 Å². The number of nitrogens with two attached hydrogens (primary N) is 1. The molecule has 0 saturated heterocycles. The van der Waals surface area contributed by atoms with Crippen molar-refractivity contribution >= 4 is 11.8 Å². The molecule has 0 bridgehead atoms. The minimum Gasteiger partial charge on any atom is -0.383 e. The molecule has 0 aromatic carbocycles. The lowest BCUT2D eigenvalue weighted by atomic mass is 10.3. The minimum atomic E-state index is -4.56. The van der Waals surface area contributed by atoms with Crippen molar-refractivity contribution < 1.29 is 17.9 Å². The summed E-state index contributed by atoms with van der Waals surface area (Å²) < 4.78 is 42.9. The monoisotopic (exact) mass is 308 g/mol. The molecule has 4 N–H and O–H groups in total. The van der Waals surface area contributed by atoms with Gasteiger partial charge in [0.25, 0.3) is 0 Å². The second-order valence-corrected chi connectivity index (χ2v) is 4.33. The van der Waals surface area contributed by atoms with E-state index in [4.69, 9.17) is 10.6 Å². The van der Waals surface area contributed by atoms with E-state index in [9.17, 15) is 13.2 Å². The van der Waals surface area contributed by atoms with Crippen molar-refractivity contribution in [2.24, 2.45) is 5.84 Å². The number of anilines is 2. The molecule has 0 aliphatic carbocycles. The number of hydrogen-bond acceptors (Lipinski definition) is 7. The molecule has 0 saturated carbocycles. The number of ether oxygens (including phenoxy) is 1. The Balaban J connectivity index is 2.62. The number of likely N-dealkylation sites (N-methyl/N-ethyl adjacent to an activating group) is 1. The first kappa shape index (κ1) is 17.4. The van der Waals surface area contributed by atoms with Crippen molar-refractivity contribution in [2.75, 3.05) is 51.1 Å². The number of nitrogens with one attached hydrogen (secondary N) is 2. The van der Waals surface area contributed by atoms with Crippen molar-refractivity contribution in [1.82, 2.24) is 14.9 Å². The van der Waals surface area contributed by atoms with Gasteiger partial charge in [0.1, 0.15) is 5.82 Å². The fraction of sp³-hybridized carbons (Fsp3) is 0.636. The number of alkyl halides is 3. The third-order valence-corrected chi connectivity index (χ3v) is 2.62. The van der Waals surface area contributed by atoms with Crippen molar-refractivity contribution in [1.29, 1.82) is 0 Å². The minimum absolute atomic E-state index is 0.0606. The van der Waals surface area contributed by atoms with Crippen LogP contribution >= 0.6 is 0 Å². The maximum absolute atomic E-state index is 12.7. The number of nitrogens with zero attached hydrogens (tertiary/aromatic N) is 3. The van der Waals surface area contributed by atoms with Crippen LogP contribution in [0.5, 0.6) is 0 Å². The first-order valence-corrected chi connectivity index (χ1v) is 6.21. The van der Waals surface area contributed by atoms with E-state index in [1.54, 1.807) is 7.11 Å². The number of methoxy groups -OCH3 is 1. The van der Waals surface area contributed by atoms with Crippen LogP contribution < -0.4 is 16.6 Å². The SMILES string of the molecule is COCCN(C)CCNc1cc(C(F)(F)F)nc(NN)n1. The van der Waals surface area contributed by atoms with Crippen LogP contribution in [0.2, 0.25) is 0 Å². The van der Waals surface area contributed by atoms with Gasteiger partial charge in [0.05, 0.1) is 6.61 Å². The quantitative estimate of drug-likeness (QED) is 0.483. The molecule has 0 atom stereocenters. The molecule has 7 nitrogen and oxygen atoms in total. The first-order valence-electron chi connectivity index (χ1n) is 6.21. The van der Waals surface area contributed by atoms with Gasteiger partial charge >= 0.3 is 6.18 Å². The summed E-state index contributed by atoms with van der Waals surface area (Å²) in [4.78, 5) is 9.07. The Hall–Kier alpha value is -1.65. The van der Waals surface area contributed by atoms with Gasteiger partial charge in [-0.3, -0.25) is 5.43 Å². The standard InChI is InChI=1S/C11H19F3N6O/c1-20(5-6-21-2)4-3-16-9-7-8(11(12,13)14)17-10(18-9)19-15/h7H,3-6,15H2,1-2H3,(H2,16,17,18,19). The largest absolute Gasteiger partial charge is 0.433 e. The van der Waals surface area contributed by atoms with Gasteiger partial charge in [-0.1, -0.05) is 0 Å². The van der Waals surface area contributed by atoms with Crippen LogP contribution in [0.15, 0.2) is 6.07 Å². The molecule has 1 heterocycles. The number of halogens is 3. The molecule has 120 valence electrons. The maximum atomic E-state index is 12.7. The Labute approximate surface area is 120 Å². The highest BCUT2D eigenvalue weighted by Crippen LogP contribution is 2.29. The molecule has 0 aliphatic heterocycles. The van der Waals surface area contributed by atoms with E-state index in [1.807, 2.05) is 17.4 Å². The van der Waals surface area contributed by atoms with Gasteiger partial charge in [0.15, 0.2) is 5.69 Å². The summed E-state index contributed by atoms with van der Waals surface area (Å²) in [6, 6.07) is 0.843. The van der Waals surface area contributed by atoms with Crippen LogP contribution in [0.4, 0.5) is 24.9 Å². The summed E-state index contributed by atoms with van der Waals surface area (Å²) >= 11 is 0. The molecule has 0 amide bonds. The molecule has 0 radical (unpaired) electrons. The Bertz CT molecular complexity index is 442. The predicted octanol–water partition coefficient (Wildman–Crippen LogP) is 0.771. The summed E-state index contributed by atoms with van der Waals surface area (Å²) in [5.74, 6) is 4.84. The molecule has 0 aliphatic rings. The molecule has 1 aromatic heterocycles. The van der Waals surface area contributed by atoms with E-state index in [2.05, 4.69) is 15.3 Å². The van der Waals surface area contributed by atoms with E-state index in [1.165, 1.54) is 0 Å². The Morgan fingerprint density at radius 2 is 2.05 bits per heavy atom. The van der Waals surface area contributed by atoms with Gasteiger partial charge in [-0.05, 0) is 7.05 Å². The highest BCUT2D eigenvalue weighted by Gasteiger charge is 2.33. The normalized spacial score (nSPS) is 11.8. The molecule has 10 heteroatoms. The third-order valence-electron chi connectivity index (χ3n) is 2.62. The van der Waals surface area contributed by atoms with E-state index in [0.717, 1.165) is 12.6 Å². The number of aromatic nitrogens is 2. The molecule has 21 heavy (non-hydrogen) atoms. The zero-order chi connectivity index (χ0) is 15.9. The molecule has 0 unspecified atom stereocenters. The first-order chi connectivity index (χ1) is 9.86. The second kappa shape index (κ2) is 7.96. The summed E-state index contributed by atoms with van der Waals surface area (Å²) in [5.41, 5.74) is 0.963. The van der Waals surface area contributed by atoms with Gasteiger partial charge in [0.2, 0.25) is 5.95 Å². The van der Waals surface area contributed by atoms with Gasteiger partial charge in [-0.25, -0.2) is 10.8 Å². The van der Waals surface area contributed by atoms with E-state index >= 15 is 0 Å². The van der Waals surface area contributed by atoms with Crippen molar-refractivity contribution in [2.45, 2.75) is 6.18 Å². The maximum Gasteiger partial charge on any atom is 0.433 e. The zero-order valence-electron chi connectivity index (χ0n) is 11.9. The van der Waals surface area contributed by atoms with E-state index < -0.39 is 11.9 Å². The molecule has 1 aromatic rings. The fourth-order valence-corrected chi connectivity index (χ4v) is 1.48. The lowest BCUT2D eigenvalue weighted by Crippen LogP contribution is -2.28. The summed E-state index contributed by atoms with van der Waals surface area (Å²) in [5, 5.41) is 2.81. The van der Waals surface area contributed by atoms with Crippen molar-refractivity contribution in [3.05, 3.63) is 11.8 Å². The lowest BCUT2D eigenvalue weighted by molar-refractivity contribution is -0.141. The van der Waals surface area contributed by atoms with Crippen LogP contribution in [0, 0.1) is 0 Å². The lowest BCUT2D eigenvalue weighted by Gasteiger charge is -2.17. The Morgan fingerprint density at radius 1 is 1.33 bits per heavy atom. The predicted molar refractivity (Wildman–Crippen MR) is 72.7 cm³/mol. The van der Waals surface area contributed by atoms with Gasteiger partial charge in [0, 0.05) is 32.8 Å². The van der Waals surface area contributed by atoms with Crippen LogP contribution in [-0.2, 0) is 10.9 Å². The summed E-state index contributed by atoms with van der Waals surface area (Å²) in [7, 11) is 3.49. The molecular weight excluding hydrogens is 289 g/mol.